The Kier molecular flexibility index (Phi) is 7.68. The van der Waals surface area contributed by atoms with Crippen LogP contribution < -0.4 is 5.32 Å². The summed E-state index contributed by atoms with van der Waals surface area (Å²) in [5.74, 6) is 0.191. The summed E-state index contributed by atoms with van der Waals surface area (Å²) in [4.78, 5) is 0. The molecule has 0 bridgehead atoms. The fourth-order valence-corrected chi connectivity index (χ4v) is 3.75. The van der Waals surface area contributed by atoms with Gasteiger partial charge in [0.25, 0.3) is 0 Å². The quantitative estimate of drug-likeness (QED) is 0.712. The van der Waals surface area contributed by atoms with Crippen LogP contribution in [0, 0.1) is 0 Å². The van der Waals surface area contributed by atoms with Gasteiger partial charge in [0.15, 0.2) is 0 Å². The molecule has 0 unspecified atom stereocenters. The van der Waals surface area contributed by atoms with Crippen molar-refractivity contribution in [2.75, 3.05) is 19.8 Å². The van der Waals surface area contributed by atoms with Crippen LogP contribution in [-0.2, 0) is 4.74 Å². The van der Waals surface area contributed by atoms with Crippen molar-refractivity contribution < 1.29 is 9.84 Å². The summed E-state index contributed by atoms with van der Waals surface area (Å²) in [6.45, 7) is 1.57. The second-order valence-electron chi connectivity index (χ2n) is 7.31. The van der Waals surface area contributed by atoms with E-state index in [-0.39, 0.29) is 5.92 Å². The van der Waals surface area contributed by atoms with Gasteiger partial charge in [-0.1, -0.05) is 79.9 Å². The third-order valence-electron chi connectivity index (χ3n) is 5.25. The van der Waals surface area contributed by atoms with E-state index in [4.69, 9.17) is 4.74 Å². The molecule has 0 amide bonds. The fraction of sp³-hybridized carbons (Fsp3) is 0.478. The third-order valence-corrected chi connectivity index (χ3v) is 5.25. The summed E-state index contributed by atoms with van der Waals surface area (Å²) in [5, 5.41) is 13.7. The highest BCUT2D eigenvalue weighted by Gasteiger charge is 2.17. The van der Waals surface area contributed by atoms with E-state index in [2.05, 4.69) is 53.8 Å². The molecule has 3 rings (SSSR count). The molecule has 3 heteroatoms. The summed E-state index contributed by atoms with van der Waals surface area (Å²) < 4.78 is 5.92. The normalized spacial score (nSPS) is 16.7. The third kappa shape index (κ3) is 5.94. The van der Waals surface area contributed by atoms with E-state index in [1.807, 2.05) is 12.1 Å². The van der Waals surface area contributed by atoms with Gasteiger partial charge in [-0.05, 0) is 24.0 Å². The summed E-state index contributed by atoms with van der Waals surface area (Å²) in [7, 11) is 0. The van der Waals surface area contributed by atoms with Gasteiger partial charge in [-0.15, -0.1) is 0 Å². The molecular formula is C23H31NO2. The van der Waals surface area contributed by atoms with Crippen molar-refractivity contribution in [1.29, 1.82) is 0 Å². The van der Waals surface area contributed by atoms with Crippen molar-refractivity contribution in [2.45, 2.75) is 50.2 Å². The Morgan fingerprint density at radius 3 is 2.00 bits per heavy atom. The molecule has 0 aliphatic heterocycles. The smallest absolute Gasteiger partial charge is 0.0897 e. The van der Waals surface area contributed by atoms with Crippen LogP contribution in [-0.4, -0.2) is 37.0 Å². The Balaban J connectivity index is 1.48. The van der Waals surface area contributed by atoms with Crippen molar-refractivity contribution in [2.24, 2.45) is 0 Å². The van der Waals surface area contributed by atoms with E-state index >= 15 is 0 Å². The van der Waals surface area contributed by atoms with Gasteiger partial charge in [0, 0.05) is 18.5 Å². The first kappa shape index (κ1) is 19.1. The minimum absolute atomic E-state index is 0.191. The Hall–Kier alpha value is -1.68. The minimum atomic E-state index is -0.455. The van der Waals surface area contributed by atoms with Crippen LogP contribution in [0.25, 0.3) is 0 Å². The molecular weight excluding hydrogens is 322 g/mol. The van der Waals surface area contributed by atoms with Gasteiger partial charge >= 0.3 is 0 Å². The molecule has 0 aromatic heterocycles. The van der Waals surface area contributed by atoms with E-state index in [1.54, 1.807) is 0 Å². The van der Waals surface area contributed by atoms with Crippen LogP contribution in [0.2, 0.25) is 0 Å². The van der Waals surface area contributed by atoms with Crippen molar-refractivity contribution in [1.82, 2.24) is 5.32 Å². The lowest BCUT2D eigenvalue weighted by atomic mass is 9.92. The largest absolute Gasteiger partial charge is 0.389 e. The van der Waals surface area contributed by atoms with E-state index < -0.39 is 6.10 Å². The summed E-state index contributed by atoms with van der Waals surface area (Å²) in [5.41, 5.74) is 2.49. The monoisotopic (exact) mass is 353 g/mol. The average molecular weight is 354 g/mol. The number of nitrogens with one attached hydrogen (secondary N) is 1. The van der Waals surface area contributed by atoms with Crippen LogP contribution in [0.1, 0.15) is 49.1 Å². The van der Waals surface area contributed by atoms with Crippen molar-refractivity contribution in [3.63, 3.8) is 0 Å². The van der Waals surface area contributed by atoms with Crippen molar-refractivity contribution in [3.05, 3.63) is 71.8 Å². The second-order valence-corrected chi connectivity index (χ2v) is 7.31. The molecule has 2 N–H and O–H groups in total. The molecule has 2 aromatic rings. The molecule has 1 saturated carbocycles. The highest BCUT2D eigenvalue weighted by molar-refractivity contribution is 5.32. The Morgan fingerprint density at radius 2 is 1.42 bits per heavy atom. The zero-order chi connectivity index (χ0) is 18.0. The van der Waals surface area contributed by atoms with Gasteiger partial charge in [-0.3, -0.25) is 0 Å². The average Bonchev–Trinajstić information content (AvgIpc) is 2.72. The van der Waals surface area contributed by atoms with Gasteiger partial charge < -0.3 is 15.2 Å². The SMILES string of the molecule is O[C@@H](CNC1CCCCC1)COCC(c1ccccc1)c1ccccc1. The summed E-state index contributed by atoms with van der Waals surface area (Å²) >= 11 is 0. The lowest BCUT2D eigenvalue weighted by Gasteiger charge is -2.24. The van der Waals surface area contributed by atoms with Crippen molar-refractivity contribution in [3.8, 4) is 0 Å². The van der Waals surface area contributed by atoms with Crippen LogP contribution in [0.5, 0.6) is 0 Å². The summed E-state index contributed by atoms with van der Waals surface area (Å²) in [6.07, 6.45) is 5.98. The molecule has 1 aliphatic rings. The highest BCUT2D eigenvalue weighted by Crippen LogP contribution is 2.24. The molecule has 1 atom stereocenters. The first-order valence-electron chi connectivity index (χ1n) is 9.92. The first-order valence-corrected chi connectivity index (χ1v) is 9.92. The molecule has 26 heavy (non-hydrogen) atoms. The second kappa shape index (κ2) is 10.5. The number of rotatable bonds is 9. The lowest BCUT2D eigenvalue weighted by Crippen LogP contribution is -2.38. The molecule has 1 fully saturated rings. The topological polar surface area (TPSA) is 41.5 Å². The predicted octanol–water partition coefficient (Wildman–Crippen LogP) is 4.12. The van der Waals surface area contributed by atoms with Gasteiger partial charge in [-0.2, -0.15) is 0 Å². The Morgan fingerprint density at radius 1 is 0.846 bits per heavy atom. The van der Waals surface area contributed by atoms with E-state index in [0.717, 1.165) is 0 Å². The number of aliphatic hydroxyl groups is 1. The standard InChI is InChI=1S/C23H31NO2/c25-22(16-24-21-14-8-3-9-15-21)17-26-18-23(19-10-4-1-5-11-19)20-12-6-2-7-13-20/h1-2,4-7,10-13,21-25H,3,8-9,14-18H2/t22-/m0/s1. The van der Waals surface area contributed by atoms with E-state index in [1.165, 1.54) is 43.2 Å². The maximum Gasteiger partial charge on any atom is 0.0897 e. The molecule has 0 saturated heterocycles. The first-order chi connectivity index (χ1) is 12.8. The molecule has 1 aliphatic carbocycles. The van der Waals surface area contributed by atoms with Gasteiger partial charge in [0.05, 0.1) is 19.3 Å². The van der Waals surface area contributed by atoms with Crippen molar-refractivity contribution >= 4 is 0 Å². The van der Waals surface area contributed by atoms with Gasteiger partial charge in [0.1, 0.15) is 0 Å². The van der Waals surface area contributed by atoms with E-state index in [0.29, 0.717) is 25.8 Å². The molecule has 2 aromatic carbocycles. The number of hydrogen-bond acceptors (Lipinski definition) is 3. The highest BCUT2D eigenvalue weighted by atomic mass is 16.5. The maximum atomic E-state index is 10.2. The Bertz CT molecular complexity index is 571. The van der Waals surface area contributed by atoms with E-state index in [9.17, 15) is 5.11 Å². The molecule has 0 spiro atoms. The number of ether oxygens (including phenoxy) is 1. The maximum absolute atomic E-state index is 10.2. The number of aliphatic hydroxyl groups excluding tert-OH is 1. The van der Waals surface area contributed by atoms with Gasteiger partial charge in [-0.25, -0.2) is 0 Å². The van der Waals surface area contributed by atoms with Gasteiger partial charge in [0.2, 0.25) is 0 Å². The molecule has 0 radical (unpaired) electrons. The predicted molar refractivity (Wildman–Crippen MR) is 106 cm³/mol. The molecule has 0 heterocycles. The zero-order valence-corrected chi connectivity index (χ0v) is 15.5. The van der Waals surface area contributed by atoms with Crippen LogP contribution in [0.15, 0.2) is 60.7 Å². The number of hydrogen-bond donors (Lipinski definition) is 2. The van der Waals surface area contributed by atoms with Crippen LogP contribution >= 0.6 is 0 Å². The summed E-state index contributed by atoms with van der Waals surface area (Å²) in [6, 6.07) is 21.5. The number of benzene rings is 2. The molecule has 140 valence electrons. The molecule has 3 nitrogen and oxygen atoms in total. The minimum Gasteiger partial charge on any atom is -0.389 e. The lowest BCUT2D eigenvalue weighted by molar-refractivity contribution is 0.0321. The Labute approximate surface area is 157 Å². The van der Waals surface area contributed by atoms with Crippen LogP contribution in [0.4, 0.5) is 0 Å². The van der Waals surface area contributed by atoms with Crippen LogP contribution in [0.3, 0.4) is 0 Å². The fourth-order valence-electron chi connectivity index (χ4n) is 3.75. The zero-order valence-electron chi connectivity index (χ0n) is 15.5.